The Hall–Kier alpha value is -1.63. The summed E-state index contributed by atoms with van der Waals surface area (Å²) < 4.78 is 0. The second-order valence-electron chi connectivity index (χ2n) is 7.22. The maximum atomic E-state index is 10.3. The number of carbonyl (C=O) groups excluding carboxylic acids is 1. The topological polar surface area (TPSA) is 17.1 Å². The average molecular weight is 270 g/mol. The van der Waals surface area contributed by atoms with E-state index in [2.05, 4.69) is 59.7 Å². The molecule has 0 spiro atoms. The highest BCUT2D eigenvalue weighted by molar-refractivity contribution is 5.66. The lowest BCUT2D eigenvalue weighted by molar-refractivity contribution is -0.104. The third kappa shape index (κ3) is 4.80. The van der Waals surface area contributed by atoms with Crippen LogP contribution in [0.4, 0.5) is 0 Å². The van der Waals surface area contributed by atoms with Crippen molar-refractivity contribution >= 4 is 12.4 Å². The smallest absolute Gasteiger partial charge is 0.142 e. The summed E-state index contributed by atoms with van der Waals surface area (Å²) in [5, 5.41) is 0. The molecule has 1 nitrogen and oxygen atoms in total. The third-order valence-electron chi connectivity index (χ3n) is 3.28. The summed E-state index contributed by atoms with van der Waals surface area (Å²) in [6.45, 7) is 13.4. The quantitative estimate of drug-likeness (QED) is 0.427. The van der Waals surface area contributed by atoms with E-state index in [1.54, 1.807) is 6.08 Å². The molecule has 0 saturated heterocycles. The summed E-state index contributed by atoms with van der Waals surface area (Å²) in [5.74, 6) is 0. The first-order valence-corrected chi connectivity index (χ1v) is 7.09. The van der Waals surface area contributed by atoms with E-state index in [4.69, 9.17) is 0 Å². The van der Waals surface area contributed by atoms with Crippen LogP contribution < -0.4 is 0 Å². The van der Waals surface area contributed by atoms with Crippen LogP contribution >= 0.6 is 0 Å². The van der Waals surface area contributed by atoms with E-state index in [1.807, 2.05) is 12.2 Å². The van der Waals surface area contributed by atoms with E-state index in [0.717, 1.165) is 6.29 Å². The Labute approximate surface area is 123 Å². The highest BCUT2D eigenvalue weighted by atomic mass is 16.1. The van der Waals surface area contributed by atoms with E-state index in [1.165, 1.54) is 22.8 Å². The van der Waals surface area contributed by atoms with Gasteiger partial charge in [0.1, 0.15) is 6.29 Å². The zero-order valence-electron chi connectivity index (χ0n) is 13.5. The van der Waals surface area contributed by atoms with Crippen molar-refractivity contribution in [2.75, 3.05) is 0 Å². The molecule has 0 radical (unpaired) electrons. The normalized spacial score (nSPS) is 13.3. The first kappa shape index (κ1) is 16.4. The molecule has 0 N–H and O–H groups in total. The van der Waals surface area contributed by atoms with Crippen LogP contribution in [0.25, 0.3) is 6.08 Å². The van der Waals surface area contributed by atoms with Crippen LogP contribution in [0.2, 0.25) is 0 Å². The van der Waals surface area contributed by atoms with Crippen molar-refractivity contribution in [1.82, 2.24) is 0 Å². The van der Waals surface area contributed by atoms with Crippen molar-refractivity contribution in [1.29, 1.82) is 0 Å². The Kier molecular flexibility index (Phi) is 5.10. The standard InChI is InChI=1S/C19H26O/c1-18(2,3)16-12-15(10-8-7-9-11-20)13-17(14-16)19(4,5)6/h7-14H,1-6H3/b9-7+,10-8+. The van der Waals surface area contributed by atoms with Gasteiger partial charge >= 0.3 is 0 Å². The fourth-order valence-electron chi connectivity index (χ4n) is 1.89. The number of rotatable bonds is 3. The van der Waals surface area contributed by atoms with Crippen molar-refractivity contribution in [3.8, 4) is 0 Å². The first-order chi connectivity index (χ1) is 9.14. The van der Waals surface area contributed by atoms with Gasteiger partial charge < -0.3 is 0 Å². The number of allylic oxidation sites excluding steroid dienone is 3. The van der Waals surface area contributed by atoms with Crippen LogP contribution in [0.5, 0.6) is 0 Å². The molecule has 0 bridgehead atoms. The predicted molar refractivity (Wildman–Crippen MR) is 88.1 cm³/mol. The van der Waals surface area contributed by atoms with Gasteiger partial charge in [0, 0.05) is 0 Å². The molecule has 0 amide bonds. The average Bonchev–Trinajstić information content (AvgIpc) is 2.32. The minimum Gasteiger partial charge on any atom is -0.299 e. The molecule has 108 valence electrons. The molecule has 1 rings (SSSR count). The highest BCUT2D eigenvalue weighted by Gasteiger charge is 2.19. The van der Waals surface area contributed by atoms with Gasteiger partial charge in [-0.25, -0.2) is 0 Å². The van der Waals surface area contributed by atoms with Crippen molar-refractivity contribution in [2.45, 2.75) is 52.4 Å². The zero-order valence-corrected chi connectivity index (χ0v) is 13.5. The summed E-state index contributed by atoms with van der Waals surface area (Å²) in [6, 6.07) is 6.75. The second-order valence-corrected chi connectivity index (χ2v) is 7.22. The lowest BCUT2D eigenvalue weighted by Gasteiger charge is -2.25. The Morgan fingerprint density at radius 1 is 0.750 bits per heavy atom. The second kappa shape index (κ2) is 6.21. The van der Waals surface area contributed by atoms with Crippen LogP contribution in [0.15, 0.2) is 36.4 Å². The maximum Gasteiger partial charge on any atom is 0.142 e. The minimum absolute atomic E-state index is 0.127. The molecule has 0 aliphatic carbocycles. The van der Waals surface area contributed by atoms with Gasteiger partial charge in [0.25, 0.3) is 0 Å². The van der Waals surface area contributed by atoms with Gasteiger partial charge in [-0.05, 0) is 33.6 Å². The first-order valence-electron chi connectivity index (χ1n) is 7.09. The van der Waals surface area contributed by atoms with Gasteiger partial charge in [-0.15, -0.1) is 0 Å². The van der Waals surface area contributed by atoms with Crippen LogP contribution in [-0.2, 0) is 15.6 Å². The van der Waals surface area contributed by atoms with Gasteiger partial charge in [-0.2, -0.15) is 0 Å². The Morgan fingerprint density at radius 2 is 1.25 bits per heavy atom. The summed E-state index contributed by atoms with van der Waals surface area (Å²) in [4.78, 5) is 10.3. The SMILES string of the molecule is CC(C)(C)c1cc(/C=C/C=C/C=O)cc(C(C)(C)C)c1. The molecule has 0 atom stereocenters. The van der Waals surface area contributed by atoms with E-state index in [0.29, 0.717) is 0 Å². The van der Waals surface area contributed by atoms with E-state index < -0.39 is 0 Å². The van der Waals surface area contributed by atoms with Crippen molar-refractivity contribution < 1.29 is 4.79 Å². The number of aldehydes is 1. The zero-order chi connectivity index (χ0) is 15.4. The van der Waals surface area contributed by atoms with Gasteiger partial charge in [0.05, 0.1) is 0 Å². The molecule has 0 aliphatic heterocycles. The Morgan fingerprint density at radius 3 is 1.65 bits per heavy atom. The number of hydrogen-bond donors (Lipinski definition) is 0. The number of benzene rings is 1. The molecule has 0 unspecified atom stereocenters. The molecule has 0 aromatic heterocycles. The lowest BCUT2D eigenvalue weighted by atomic mass is 9.79. The summed E-state index contributed by atoms with van der Waals surface area (Å²) in [5.41, 5.74) is 4.11. The summed E-state index contributed by atoms with van der Waals surface area (Å²) >= 11 is 0. The fourth-order valence-corrected chi connectivity index (χ4v) is 1.89. The van der Waals surface area contributed by atoms with Gasteiger partial charge in [-0.1, -0.05) is 78.0 Å². The molecule has 20 heavy (non-hydrogen) atoms. The maximum absolute atomic E-state index is 10.3. The van der Waals surface area contributed by atoms with Crippen molar-refractivity contribution in [2.24, 2.45) is 0 Å². The highest BCUT2D eigenvalue weighted by Crippen LogP contribution is 2.30. The van der Waals surface area contributed by atoms with Crippen LogP contribution in [0, 0.1) is 0 Å². The monoisotopic (exact) mass is 270 g/mol. The molecule has 0 aliphatic rings. The molecule has 0 heterocycles. The van der Waals surface area contributed by atoms with Crippen LogP contribution in [0.3, 0.4) is 0 Å². The Balaban J connectivity index is 3.27. The molecule has 1 aromatic rings. The number of hydrogen-bond acceptors (Lipinski definition) is 1. The largest absolute Gasteiger partial charge is 0.299 e. The van der Waals surface area contributed by atoms with Crippen LogP contribution in [-0.4, -0.2) is 6.29 Å². The van der Waals surface area contributed by atoms with Crippen LogP contribution in [0.1, 0.15) is 58.2 Å². The molecular formula is C19H26O. The minimum atomic E-state index is 0.127. The van der Waals surface area contributed by atoms with Crippen molar-refractivity contribution in [3.05, 3.63) is 53.1 Å². The van der Waals surface area contributed by atoms with Gasteiger partial charge in [-0.3, -0.25) is 4.79 Å². The summed E-state index contributed by atoms with van der Waals surface area (Å²) in [6.07, 6.45) is 7.99. The van der Waals surface area contributed by atoms with E-state index >= 15 is 0 Å². The molecule has 1 heteroatoms. The fraction of sp³-hybridized carbons (Fsp3) is 0.421. The Bertz CT molecular complexity index is 487. The van der Waals surface area contributed by atoms with E-state index in [9.17, 15) is 4.79 Å². The van der Waals surface area contributed by atoms with Crippen molar-refractivity contribution in [3.63, 3.8) is 0 Å². The van der Waals surface area contributed by atoms with Gasteiger partial charge in [0.2, 0.25) is 0 Å². The molecule has 0 saturated carbocycles. The lowest BCUT2D eigenvalue weighted by Crippen LogP contribution is -2.16. The van der Waals surface area contributed by atoms with Gasteiger partial charge in [0.15, 0.2) is 0 Å². The number of carbonyl (C=O) groups is 1. The predicted octanol–water partition coefficient (Wildman–Crippen LogP) is 5.05. The summed E-state index contributed by atoms with van der Waals surface area (Å²) in [7, 11) is 0. The third-order valence-corrected chi connectivity index (χ3v) is 3.28. The molecular weight excluding hydrogens is 244 g/mol. The molecule has 1 aromatic carbocycles. The molecule has 0 fully saturated rings. The van der Waals surface area contributed by atoms with E-state index in [-0.39, 0.29) is 10.8 Å².